The van der Waals surface area contributed by atoms with E-state index in [0.29, 0.717) is 0 Å². The fourth-order valence-electron chi connectivity index (χ4n) is 0.202. The number of rotatable bonds is 4. The fraction of sp³-hybridized carbons (Fsp3) is 0. The van der Waals surface area contributed by atoms with Crippen molar-refractivity contribution < 1.29 is 8.23 Å². The third-order valence-corrected chi connectivity index (χ3v) is 3.67. The number of hydrogen-bond donors (Lipinski definition) is 2. The second-order valence-corrected chi connectivity index (χ2v) is 8.53. The van der Waals surface area contributed by atoms with Crippen LogP contribution in [0.4, 0.5) is 0 Å². The van der Waals surface area contributed by atoms with Gasteiger partial charge in [0.15, 0.2) is 0 Å². The lowest BCUT2D eigenvalue weighted by Gasteiger charge is -2.05. The number of nitrogens with zero attached hydrogens (tertiary/aromatic N) is 1. The second-order valence-electron chi connectivity index (χ2n) is 1.11. The molecule has 0 amide bonds. The molecule has 0 heterocycles. The highest BCUT2D eigenvalue weighted by Crippen LogP contribution is 1.91. The summed E-state index contributed by atoms with van der Waals surface area (Å²) in [7, 11) is -0.492. The van der Waals surface area contributed by atoms with Crippen LogP contribution in [0, 0.1) is 0 Å². The van der Waals surface area contributed by atoms with E-state index in [1.165, 1.54) is 3.38 Å². The molecule has 0 N–H and O–H groups in total. The van der Waals surface area contributed by atoms with E-state index in [0.717, 1.165) is 10.5 Å². The van der Waals surface area contributed by atoms with Crippen LogP contribution in [0.2, 0.25) is 0 Å². The van der Waals surface area contributed by atoms with Crippen molar-refractivity contribution in [3.8, 4) is 0 Å². The van der Waals surface area contributed by atoms with Crippen LogP contribution in [0.25, 0.3) is 0 Å². The van der Waals surface area contributed by atoms with Gasteiger partial charge in [-0.2, -0.15) is 0 Å². The van der Waals surface area contributed by atoms with Crippen LogP contribution in [0.1, 0.15) is 0 Å². The molecule has 0 atom stereocenters. The predicted octanol–water partition coefficient (Wildman–Crippen LogP) is -2.71. The predicted molar refractivity (Wildman–Crippen MR) is 49.0 cm³/mol. The van der Waals surface area contributed by atoms with E-state index < -0.39 is 19.9 Å². The Labute approximate surface area is 67.8 Å². The minimum absolute atomic E-state index is 0.637. The molecule has 0 rings (SSSR count). The highest BCUT2D eigenvalue weighted by Gasteiger charge is 1.90. The summed E-state index contributed by atoms with van der Waals surface area (Å²) >= 11 is 7.77. The first-order valence-electron chi connectivity index (χ1n) is 1.99. The lowest BCUT2D eigenvalue weighted by Crippen LogP contribution is -2.14. The molecular weight excluding hydrogens is 194 g/mol. The SMILES string of the molecule is [SiH3]O[SiH2]O[SiH2]N(S)S. The van der Waals surface area contributed by atoms with Crippen LogP contribution in [0.3, 0.4) is 0 Å². The summed E-state index contributed by atoms with van der Waals surface area (Å²) in [5.74, 6) is 0. The third-order valence-electron chi connectivity index (χ3n) is 0.408. The Kier molecular flexibility index (Phi) is 7.33. The Morgan fingerprint density at radius 1 is 1.50 bits per heavy atom. The minimum Gasteiger partial charge on any atom is -0.449 e. The molecule has 50 valence electrons. The average molecular weight is 203 g/mol. The van der Waals surface area contributed by atoms with Crippen molar-refractivity contribution in [1.29, 1.82) is 0 Å². The van der Waals surface area contributed by atoms with Crippen LogP contribution in [-0.4, -0.2) is 33.8 Å². The first-order chi connectivity index (χ1) is 3.77. The van der Waals surface area contributed by atoms with Crippen LogP contribution >= 0.6 is 25.6 Å². The maximum atomic E-state index is 5.11. The molecule has 3 nitrogen and oxygen atoms in total. The normalized spacial score (nSPS) is 13.9. The summed E-state index contributed by atoms with van der Waals surface area (Å²) in [4.78, 5) is 0. The van der Waals surface area contributed by atoms with Crippen molar-refractivity contribution in [2.75, 3.05) is 0 Å². The maximum absolute atomic E-state index is 5.11. The molecule has 8 heteroatoms. The maximum Gasteiger partial charge on any atom is 0.283 e. The van der Waals surface area contributed by atoms with Crippen molar-refractivity contribution in [3.05, 3.63) is 0 Å². The van der Waals surface area contributed by atoms with Gasteiger partial charge in [0.2, 0.25) is 9.92 Å². The van der Waals surface area contributed by atoms with Gasteiger partial charge in [0.25, 0.3) is 10.0 Å². The summed E-state index contributed by atoms with van der Waals surface area (Å²) < 4.78 is 11.5. The molecule has 0 aromatic rings. The highest BCUT2D eigenvalue weighted by molar-refractivity contribution is 7.95. The quantitative estimate of drug-likeness (QED) is 0.295. The van der Waals surface area contributed by atoms with Gasteiger partial charge in [-0.3, -0.25) is 0 Å². The van der Waals surface area contributed by atoms with E-state index >= 15 is 0 Å². The standard InChI is InChI=1S/H9NO2S2Si3/c4-1(5)7-3-8-2-6/h4-5H,7-8H2,6H3. The van der Waals surface area contributed by atoms with E-state index in [-0.39, 0.29) is 0 Å². The first kappa shape index (κ1) is 9.23. The first-order valence-corrected chi connectivity index (χ1v) is 5.97. The minimum atomic E-state index is -0.644. The molecule has 0 aliphatic heterocycles. The van der Waals surface area contributed by atoms with Gasteiger partial charge in [0, 0.05) is 0 Å². The summed E-state index contributed by atoms with van der Waals surface area (Å²) in [5.41, 5.74) is 0. The molecule has 0 saturated heterocycles. The summed E-state index contributed by atoms with van der Waals surface area (Å²) in [6.45, 7) is 0. The summed E-state index contributed by atoms with van der Waals surface area (Å²) in [6.07, 6.45) is 0. The third kappa shape index (κ3) is 7.23. The lowest BCUT2D eigenvalue weighted by molar-refractivity contribution is 0.494. The van der Waals surface area contributed by atoms with Gasteiger partial charge >= 0.3 is 0 Å². The average Bonchev–Trinajstić information content (AvgIpc) is 1.66. The monoisotopic (exact) mass is 203 g/mol. The molecule has 0 spiro atoms. The van der Waals surface area contributed by atoms with Gasteiger partial charge in [-0.15, -0.1) is 0 Å². The van der Waals surface area contributed by atoms with Crippen molar-refractivity contribution in [3.63, 3.8) is 0 Å². The van der Waals surface area contributed by atoms with Crippen LogP contribution in [0.15, 0.2) is 0 Å². The fourth-order valence-corrected chi connectivity index (χ4v) is 4.79. The van der Waals surface area contributed by atoms with Crippen molar-refractivity contribution in [2.45, 2.75) is 0 Å². The zero-order valence-electron chi connectivity index (χ0n) is 4.57. The topological polar surface area (TPSA) is 21.7 Å². The van der Waals surface area contributed by atoms with Gasteiger partial charge in [-0.1, -0.05) is 25.6 Å². The van der Waals surface area contributed by atoms with E-state index in [1.54, 1.807) is 0 Å². The molecular formula is H9NO2S2Si3. The Bertz CT molecular complexity index is 52.5. The summed E-state index contributed by atoms with van der Waals surface area (Å²) in [5, 5.41) is 0. The van der Waals surface area contributed by atoms with Gasteiger partial charge in [-0.25, -0.2) is 3.38 Å². The molecule has 0 saturated carbocycles. The Morgan fingerprint density at radius 3 is 2.50 bits per heavy atom. The Morgan fingerprint density at radius 2 is 2.12 bits per heavy atom. The van der Waals surface area contributed by atoms with Crippen molar-refractivity contribution in [1.82, 2.24) is 3.38 Å². The Balaban J connectivity index is 2.72. The van der Waals surface area contributed by atoms with Gasteiger partial charge in [0.05, 0.1) is 0 Å². The molecule has 0 aromatic heterocycles. The van der Waals surface area contributed by atoms with Gasteiger partial charge < -0.3 is 8.23 Å². The highest BCUT2D eigenvalue weighted by atomic mass is 32.2. The number of thiol groups is 2. The number of hydrogen-bond acceptors (Lipinski definition) is 5. The zero-order valence-corrected chi connectivity index (χ0v) is 11.2. The zero-order chi connectivity index (χ0) is 6.41. The molecule has 0 fully saturated rings. The van der Waals surface area contributed by atoms with Gasteiger partial charge in [-0.05, 0) is 0 Å². The van der Waals surface area contributed by atoms with E-state index in [4.69, 9.17) is 8.23 Å². The lowest BCUT2D eigenvalue weighted by atomic mass is 13.8. The van der Waals surface area contributed by atoms with Crippen LogP contribution in [-0.2, 0) is 8.23 Å². The summed E-state index contributed by atoms with van der Waals surface area (Å²) in [6, 6.07) is 0. The smallest absolute Gasteiger partial charge is 0.283 e. The van der Waals surface area contributed by atoms with E-state index in [2.05, 4.69) is 25.6 Å². The molecule has 0 aliphatic rings. The van der Waals surface area contributed by atoms with Crippen LogP contribution < -0.4 is 0 Å². The van der Waals surface area contributed by atoms with E-state index in [9.17, 15) is 0 Å². The van der Waals surface area contributed by atoms with Crippen molar-refractivity contribution in [2.24, 2.45) is 0 Å². The molecule has 0 aromatic carbocycles. The molecule has 8 heavy (non-hydrogen) atoms. The molecule has 0 aliphatic carbocycles. The van der Waals surface area contributed by atoms with Crippen LogP contribution in [0.5, 0.6) is 0 Å². The van der Waals surface area contributed by atoms with E-state index in [1.807, 2.05) is 0 Å². The van der Waals surface area contributed by atoms with Crippen molar-refractivity contribution >= 4 is 56.0 Å². The molecule has 0 unspecified atom stereocenters. The molecule has 0 bridgehead atoms. The Hall–Kier alpha value is 1.23. The second kappa shape index (κ2) is 6.35. The molecule has 0 radical (unpaired) electrons. The largest absolute Gasteiger partial charge is 0.449 e. The van der Waals surface area contributed by atoms with Gasteiger partial charge in [0.1, 0.15) is 10.5 Å².